The molecule has 2 nitrogen and oxygen atoms in total. The van der Waals surface area contributed by atoms with Gasteiger partial charge in [0, 0.05) is 19.7 Å². The number of halogens is 2. The monoisotopic (exact) mass is 259 g/mol. The number of benzene rings is 1. The molecule has 0 aliphatic carbocycles. The van der Waals surface area contributed by atoms with Gasteiger partial charge in [0.05, 0.1) is 14.7 Å². The summed E-state index contributed by atoms with van der Waals surface area (Å²) in [5, 5.41) is 3.90. The van der Waals surface area contributed by atoms with Gasteiger partial charge in [-0.2, -0.15) is 0 Å². The van der Waals surface area contributed by atoms with Gasteiger partial charge >= 0.3 is 0 Å². The van der Waals surface area contributed by atoms with E-state index in [4.69, 9.17) is 4.74 Å². The Bertz CT molecular complexity index is 372. The lowest BCUT2D eigenvalue weighted by atomic mass is 10.3. The van der Waals surface area contributed by atoms with E-state index in [9.17, 15) is 8.78 Å². The first-order valence-electron chi connectivity index (χ1n) is 5.62. The van der Waals surface area contributed by atoms with Crippen LogP contribution in [-0.2, 0) is 4.74 Å². The second-order valence-electron chi connectivity index (χ2n) is 4.68. The zero-order valence-corrected chi connectivity index (χ0v) is 11.5. The molecule has 0 amide bonds. The van der Waals surface area contributed by atoms with E-state index >= 15 is 0 Å². The molecule has 0 radical (unpaired) electrons. The van der Waals surface area contributed by atoms with Crippen molar-refractivity contribution < 1.29 is 13.5 Å². The molecule has 0 spiro atoms. The Kier molecular flexibility index (Phi) is 5.23. The molecule has 17 heavy (non-hydrogen) atoms. The first-order valence-corrected chi connectivity index (χ1v) is 8.83. The Labute approximate surface area is 102 Å². The van der Waals surface area contributed by atoms with Crippen LogP contribution in [0.3, 0.4) is 0 Å². The van der Waals surface area contributed by atoms with E-state index in [1.54, 1.807) is 13.2 Å². The first-order chi connectivity index (χ1) is 7.97. The summed E-state index contributed by atoms with van der Waals surface area (Å²) in [7, 11) is -0.262. The van der Waals surface area contributed by atoms with Crippen molar-refractivity contribution in [1.82, 2.24) is 5.32 Å². The third-order valence-electron chi connectivity index (χ3n) is 2.71. The molecule has 0 bridgehead atoms. The fraction of sp³-hybridized carbons (Fsp3) is 0.500. The normalized spacial score (nSPS) is 11.8. The molecule has 0 fully saturated rings. The number of methoxy groups -OCH3 is 1. The maximum absolute atomic E-state index is 13.7. The largest absolute Gasteiger partial charge is 0.383 e. The topological polar surface area (TPSA) is 21.3 Å². The molecule has 0 saturated carbocycles. The minimum atomic E-state index is -1.91. The van der Waals surface area contributed by atoms with E-state index in [1.807, 2.05) is 0 Å². The van der Waals surface area contributed by atoms with Gasteiger partial charge in [-0.3, -0.25) is 0 Å². The number of hydrogen-bond donors (Lipinski definition) is 1. The average Bonchev–Trinajstić information content (AvgIpc) is 2.24. The van der Waals surface area contributed by atoms with E-state index < -0.39 is 19.7 Å². The van der Waals surface area contributed by atoms with Gasteiger partial charge in [-0.05, 0) is 17.4 Å². The number of nitrogens with one attached hydrogen (secondary N) is 1. The Balaban J connectivity index is 2.68. The quantitative estimate of drug-likeness (QED) is 0.619. The summed E-state index contributed by atoms with van der Waals surface area (Å²) in [6.07, 6.45) is 0.749. The number of rotatable bonds is 6. The van der Waals surface area contributed by atoms with E-state index in [-0.39, 0.29) is 0 Å². The molecule has 1 rings (SSSR count). The highest BCUT2D eigenvalue weighted by Gasteiger charge is 2.26. The summed E-state index contributed by atoms with van der Waals surface area (Å²) in [6, 6.07) is 3.84. The fourth-order valence-corrected chi connectivity index (χ4v) is 3.95. The SMILES string of the molecule is COCCNC[Si](C)(C)c1ccc(F)cc1F. The predicted molar refractivity (Wildman–Crippen MR) is 68.2 cm³/mol. The molecule has 0 aliphatic heterocycles. The van der Waals surface area contributed by atoms with Crippen LogP contribution in [0.1, 0.15) is 0 Å². The van der Waals surface area contributed by atoms with Crippen LogP contribution < -0.4 is 10.5 Å². The highest BCUT2D eigenvalue weighted by Crippen LogP contribution is 2.07. The van der Waals surface area contributed by atoms with Gasteiger partial charge in [-0.1, -0.05) is 19.2 Å². The Morgan fingerprint density at radius 2 is 2.00 bits per heavy atom. The smallest absolute Gasteiger partial charge is 0.126 e. The average molecular weight is 259 g/mol. The Morgan fingerprint density at radius 1 is 1.29 bits per heavy atom. The van der Waals surface area contributed by atoms with Gasteiger partial charge in [0.25, 0.3) is 0 Å². The Hall–Kier alpha value is -0.783. The molecule has 1 aromatic carbocycles. The molecule has 0 aromatic heterocycles. The molecule has 0 unspecified atom stereocenters. The lowest BCUT2D eigenvalue weighted by molar-refractivity contribution is 0.201. The third kappa shape index (κ3) is 4.18. The molecule has 5 heteroatoms. The van der Waals surface area contributed by atoms with Crippen molar-refractivity contribution in [1.29, 1.82) is 0 Å². The van der Waals surface area contributed by atoms with Crippen LogP contribution in [0.4, 0.5) is 8.78 Å². The van der Waals surface area contributed by atoms with Gasteiger partial charge in [-0.25, -0.2) is 8.78 Å². The fourth-order valence-electron chi connectivity index (χ4n) is 1.71. The minimum absolute atomic E-state index is 0.435. The zero-order chi connectivity index (χ0) is 12.9. The summed E-state index contributed by atoms with van der Waals surface area (Å²) in [5.41, 5.74) is 0. The van der Waals surface area contributed by atoms with Crippen LogP contribution in [0.25, 0.3) is 0 Å². The molecule has 1 aromatic rings. The van der Waals surface area contributed by atoms with Gasteiger partial charge in [0.15, 0.2) is 0 Å². The van der Waals surface area contributed by atoms with Crippen molar-refractivity contribution >= 4 is 13.3 Å². The van der Waals surface area contributed by atoms with Crippen LogP contribution in [0.2, 0.25) is 13.1 Å². The van der Waals surface area contributed by atoms with Gasteiger partial charge in [0.1, 0.15) is 11.6 Å². The maximum Gasteiger partial charge on any atom is 0.126 e. The number of ether oxygens (including phenoxy) is 1. The molecule has 0 heterocycles. The molecule has 96 valence electrons. The van der Waals surface area contributed by atoms with Crippen molar-refractivity contribution in [3.05, 3.63) is 29.8 Å². The van der Waals surface area contributed by atoms with Crippen LogP contribution >= 0.6 is 0 Å². The Morgan fingerprint density at radius 3 is 2.59 bits per heavy atom. The van der Waals surface area contributed by atoms with Crippen LogP contribution in [0.15, 0.2) is 18.2 Å². The summed E-state index contributed by atoms with van der Waals surface area (Å²) < 4.78 is 31.4. The van der Waals surface area contributed by atoms with Gasteiger partial charge in [0.2, 0.25) is 0 Å². The molecule has 0 aliphatic rings. The summed E-state index contributed by atoms with van der Waals surface area (Å²) >= 11 is 0. The van der Waals surface area contributed by atoms with Gasteiger partial charge < -0.3 is 10.1 Å². The predicted octanol–water partition coefficient (Wildman–Crippen LogP) is 1.66. The van der Waals surface area contributed by atoms with E-state index in [2.05, 4.69) is 18.4 Å². The second-order valence-corrected chi connectivity index (χ2v) is 9.34. The van der Waals surface area contributed by atoms with Crippen molar-refractivity contribution in [3.63, 3.8) is 0 Å². The minimum Gasteiger partial charge on any atom is -0.383 e. The maximum atomic E-state index is 13.7. The lowest BCUT2D eigenvalue weighted by Gasteiger charge is -2.24. The van der Waals surface area contributed by atoms with E-state index in [0.29, 0.717) is 11.8 Å². The standard InChI is InChI=1S/C12H19F2NOSi/c1-16-7-6-15-9-17(2,3)12-5-4-10(13)8-11(12)14/h4-5,8,15H,6-7,9H2,1-3H3. The summed E-state index contributed by atoms with van der Waals surface area (Å²) in [4.78, 5) is 0. The van der Waals surface area contributed by atoms with E-state index in [0.717, 1.165) is 18.8 Å². The van der Waals surface area contributed by atoms with Crippen molar-refractivity contribution in [3.8, 4) is 0 Å². The summed E-state index contributed by atoms with van der Waals surface area (Å²) in [6.45, 7) is 5.50. The lowest BCUT2D eigenvalue weighted by Crippen LogP contribution is -2.52. The summed E-state index contributed by atoms with van der Waals surface area (Å²) in [5.74, 6) is -0.960. The van der Waals surface area contributed by atoms with Crippen LogP contribution in [0.5, 0.6) is 0 Å². The van der Waals surface area contributed by atoms with Crippen molar-refractivity contribution in [2.24, 2.45) is 0 Å². The molecule has 1 N–H and O–H groups in total. The van der Waals surface area contributed by atoms with Gasteiger partial charge in [-0.15, -0.1) is 0 Å². The first kappa shape index (κ1) is 14.3. The van der Waals surface area contributed by atoms with Crippen LogP contribution in [0, 0.1) is 11.6 Å². The molecular weight excluding hydrogens is 240 g/mol. The van der Waals surface area contributed by atoms with Crippen molar-refractivity contribution in [2.75, 3.05) is 26.4 Å². The molecule has 0 atom stereocenters. The second kappa shape index (κ2) is 6.23. The van der Waals surface area contributed by atoms with Crippen molar-refractivity contribution in [2.45, 2.75) is 13.1 Å². The molecule has 0 saturated heterocycles. The number of hydrogen-bond acceptors (Lipinski definition) is 2. The highest BCUT2D eigenvalue weighted by atomic mass is 28.3. The third-order valence-corrected chi connectivity index (χ3v) is 5.71. The van der Waals surface area contributed by atoms with Crippen LogP contribution in [-0.4, -0.2) is 34.5 Å². The zero-order valence-electron chi connectivity index (χ0n) is 10.5. The van der Waals surface area contributed by atoms with E-state index in [1.165, 1.54) is 6.07 Å². The highest BCUT2D eigenvalue weighted by molar-refractivity contribution is 6.90. The molecular formula is C12H19F2NOSi.